The number of para-hydroxylation sites is 1. The standard InChI is InChI=1S/C20H22O2/c1-7-21-18-12-10-9-11-17(18)19-15(5)13(3)14(4)16(6)20(19)22-8-2/h7-12H,1-2H2,3-6H3. The van der Waals surface area contributed by atoms with Crippen molar-refractivity contribution in [1.82, 2.24) is 0 Å². The molecule has 0 N–H and O–H groups in total. The Morgan fingerprint density at radius 1 is 0.773 bits per heavy atom. The largest absolute Gasteiger partial charge is 0.465 e. The molecule has 2 rings (SSSR count). The molecule has 0 radical (unpaired) electrons. The van der Waals surface area contributed by atoms with E-state index in [9.17, 15) is 0 Å². The zero-order chi connectivity index (χ0) is 16.3. The molecule has 0 fully saturated rings. The SMILES string of the molecule is C=COc1ccccc1-c1c(C)c(C)c(C)c(C)c1OC=C. The molecule has 0 unspecified atom stereocenters. The van der Waals surface area contributed by atoms with Gasteiger partial charge in [0.15, 0.2) is 0 Å². The highest BCUT2D eigenvalue weighted by Gasteiger charge is 2.20. The molecule has 114 valence electrons. The van der Waals surface area contributed by atoms with Crippen LogP contribution in [0.3, 0.4) is 0 Å². The van der Waals surface area contributed by atoms with Gasteiger partial charge in [0.05, 0.1) is 12.5 Å². The molecule has 0 atom stereocenters. The zero-order valence-electron chi connectivity index (χ0n) is 13.7. The van der Waals surface area contributed by atoms with Crippen molar-refractivity contribution >= 4 is 0 Å². The lowest BCUT2D eigenvalue weighted by molar-refractivity contribution is 0.475. The van der Waals surface area contributed by atoms with Gasteiger partial charge in [-0.1, -0.05) is 31.4 Å². The van der Waals surface area contributed by atoms with E-state index in [1.807, 2.05) is 24.3 Å². The number of hydrogen-bond donors (Lipinski definition) is 0. The van der Waals surface area contributed by atoms with Gasteiger partial charge in [-0.15, -0.1) is 0 Å². The number of benzene rings is 2. The van der Waals surface area contributed by atoms with Crippen molar-refractivity contribution in [2.24, 2.45) is 0 Å². The molecule has 2 aromatic rings. The highest BCUT2D eigenvalue weighted by molar-refractivity contribution is 5.82. The normalized spacial score (nSPS) is 10.2. The summed E-state index contributed by atoms with van der Waals surface area (Å²) in [6.45, 7) is 15.8. The Hall–Kier alpha value is -2.48. The third-order valence-corrected chi connectivity index (χ3v) is 4.20. The summed E-state index contributed by atoms with van der Waals surface area (Å²) in [4.78, 5) is 0. The van der Waals surface area contributed by atoms with Crippen molar-refractivity contribution < 1.29 is 9.47 Å². The van der Waals surface area contributed by atoms with Crippen LogP contribution in [0.5, 0.6) is 11.5 Å². The van der Waals surface area contributed by atoms with Crippen LogP contribution in [-0.2, 0) is 0 Å². The predicted molar refractivity (Wildman–Crippen MR) is 92.5 cm³/mol. The summed E-state index contributed by atoms with van der Waals surface area (Å²) in [6, 6.07) is 7.90. The van der Waals surface area contributed by atoms with Crippen molar-refractivity contribution in [3.05, 3.63) is 72.2 Å². The fourth-order valence-electron chi connectivity index (χ4n) is 2.70. The maximum Gasteiger partial charge on any atom is 0.137 e. The minimum Gasteiger partial charge on any atom is -0.465 e. The number of ether oxygens (including phenoxy) is 2. The first kappa shape index (κ1) is 15.9. The van der Waals surface area contributed by atoms with Gasteiger partial charge < -0.3 is 9.47 Å². The van der Waals surface area contributed by atoms with Crippen molar-refractivity contribution in [3.63, 3.8) is 0 Å². The zero-order valence-corrected chi connectivity index (χ0v) is 13.7. The molecule has 0 aliphatic rings. The topological polar surface area (TPSA) is 18.5 Å². The van der Waals surface area contributed by atoms with Crippen molar-refractivity contribution in [2.75, 3.05) is 0 Å². The summed E-state index contributed by atoms with van der Waals surface area (Å²) >= 11 is 0. The minimum absolute atomic E-state index is 0.761. The highest BCUT2D eigenvalue weighted by atomic mass is 16.5. The summed E-state index contributed by atoms with van der Waals surface area (Å²) in [7, 11) is 0. The van der Waals surface area contributed by atoms with Crippen LogP contribution in [0.4, 0.5) is 0 Å². The molecule has 2 aromatic carbocycles. The second-order valence-corrected chi connectivity index (χ2v) is 5.27. The van der Waals surface area contributed by atoms with E-state index in [-0.39, 0.29) is 0 Å². The average Bonchev–Trinajstić information content (AvgIpc) is 2.52. The highest BCUT2D eigenvalue weighted by Crippen LogP contribution is 2.43. The number of rotatable bonds is 5. The average molecular weight is 294 g/mol. The molecule has 0 saturated heterocycles. The molecular weight excluding hydrogens is 272 g/mol. The monoisotopic (exact) mass is 294 g/mol. The van der Waals surface area contributed by atoms with Crippen molar-refractivity contribution in [2.45, 2.75) is 27.7 Å². The van der Waals surface area contributed by atoms with Crippen LogP contribution in [0.25, 0.3) is 11.1 Å². The smallest absolute Gasteiger partial charge is 0.137 e. The van der Waals surface area contributed by atoms with Crippen LogP contribution in [-0.4, -0.2) is 0 Å². The first-order valence-corrected chi connectivity index (χ1v) is 7.27. The molecule has 2 heteroatoms. The van der Waals surface area contributed by atoms with Gasteiger partial charge in [0.25, 0.3) is 0 Å². The molecule has 0 aliphatic heterocycles. The number of hydrogen-bond acceptors (Lipinski definition) is 2. The van der Waals surface area contributed by atoms with Gasteiger partial charge in [0, 0.05) is 11.1 Å². The second kappa shape index (κ2) is 6.52. The van der Waals surface area contributed by atoms with Crippen LogP contribution in [0.2, 0.25) is 0 Å². The third-order valence-electron chi connectivity index (χ3n) is 4.20. The summed E-state index contributed by atoms with van der Waals surface area (Å²) in [5, 5.41) is 0. The van der Waals surface area contributed by atoms with Crippen LogP contribution in [0.1, 0.15) is 22.3 Å². The molecule has 22 heavy (non-hydrogen) atoms. The quantitative estimate of drug-likeness (QED) is 0.665. The molecule has 0 saturated carbocycles. The lowest BCUT2D eigenvalue weighted by Gasteiger charge is -2.21. The van der Waals surface area contributed by atoms with Crippen molar-refractivity contribution in [1.29, 1.82) is 0 Å². The third kappa shape index (κ3) is 2.64. The van der Waals surface area contributed by atoms with E-state index in [0.717, 1.165) is 28.2 Å². The molecular formula is C20H22O2. The van der Waals surface area contributed by atoms with E-state index in [0.29, 0.717) is 0 Å². The molecule has 0 heterocycles. The van der Waals surface area contributed by atoms with Crippen LogP contribution >= 0.6 is 0 Å². The summed E-state index contributed by atoms with van der Waals surface area (Å²) in [6.07, 6.45) is 2.91. The van der Waals surface area contributed by atoms with E-state index < -0.39 is 0 Å². The molecule has 2 nitrogen and oxygen atoms in total. The Labute approximate surface area is 132 Å². The molecule has 0 spiro atoms. The summed E-state index contributed by atoms with van der Waals surface area (Å²) < 4.78 is 11.3. The molecule has 0 aromatic heterocycles. The van der Waals surface area contributed by atoms with Gasteiger partial charge in [-0.2, -0.15) is 0 Å². The Bertz CT molecular complexity index is 727. The van der Waals surface area contributed by atoms with E-state index in [1.165, 1.54) is 29.2 Å². The van der Waals surface area contributed by atoms with Crippen LogP contribution in [0.15, 0.2) is 49.9 Å². The van der Waals surface area contributed by atoms with Crippen LogP contribution < -0.4 is 9.47 Å². The van der Waals surface area contributed by atoms with Gasteiger partial charge in [-0.25, -0.2) is 0 Å². The summed E-state index contributed by atoms with van der Waals surface area (Å²) in [5.41, 5.74) is 6.82. The van der Waals surface area contributed by atoms with E-state index >= 15 is 0 Å². The van der Waals surface area contributed by atoms with Gasteiger partial charge >= 0.3 is 0 Å². The van der Waals surface area contributed by atoms with E-state index in [4.69, 9.17) is 9.47 Å². The first-order chi connectivity index (χ1) is 10.5. The molecule has 0 bridgehead atoms. The fourth-order valence-corrected chi connectivity index (χ4v) is 2.70. The Morgan fingerprint density at radius 2 is 1.36 bits per heavy atom. The van der Waals surface area contributed by atoms with Gasteiger partial charge in [0.1, 0.15) is 11.5 Å². The van der Waals surface area contributed by atoms with Gasteiger partial charge in [-0.05, 0) is 56.0 Å². The fraction of sp³-hybridized carbons (Fsp3) is 0.200. The Morgan fingerprint density at radius 3 is 2.00 bits per heavy atom. The molecule has 0 amide bonds. The Balaban J connectivity index is 2.85. The second-order valence-electron chi connectivity index (χ2n) is 5.27. The summed E-state index contributed by atoms with van der Waals surface area (Å²) in [5.74, 6) is 1.59. The van der Waals surface area contributed by atoms with Crippen molar-refractivity contribution in [3.8, 4) is 22.6 Å². The van der Waals surface area contributed by atoms with E-state index in [2.05, 4.69) is 40.9 Å². The lowest BCUT2D eigenvalue weighted by atomic mass is 9.89. The van der Waals surface area contributed by atoms with Crippen LogP contribution in [0, 0.1) is 27.7 Å². The maximum absolute atomic E-state index is 5.75. The van der Waals surface area contributed by atoms with Gasteiger partial charge in [0.2, 0.25) is 0 Å². The molecule has 0 aliphatic carbocycles. The Kier molecular flexibility index (Phi) is 4.71. The lowest BCUT2D eigenvalue weighted by Crippen LogP contribution is -2.01. The first-order valence-electron chi connectivity index (χ1n) is 7.27. The predicted octanol–water partition coefficient (Wildman–Crippen LogP) is 5.63. The van der Waals surface area contributed by atoms with E-state index in [1.54, 1.807) is 0 Å². The van der Waals surface area contributed by atoms with Gasteiger partial charge in [-0.3, -0.25) is 0 Å². The minimum atomic E-state index is 0.761. The maximum atomic E-state index is 5.75.